The maximum absolute atomic E-state index is 12.1. The molecule has 0 aliphatic rings. The van der Waals surface area contributed by atoms with Crippen LogP contribution in [0.1, 0.15) is 53.4 Å². The SMILES string of the molecule is CCOC(=O)CN(C(=O)CCCCCNC(C)=O)C(C)C. The maximum Gasteiger partial charge on any atom is 0.325 e. The standard InChI is InChI=1S/C15H28N2O4/c1-5-21-15(20)11-17(12(2)3)14(19)9-7-6-8-10-16-13(4)18/h12H,5-11H2,1-4H3,(H,16,18). The van der Waals surface area contributed by atoms with Crippen LogP contribution in [0.25, 0.3) is 0 Å². The third-order valence-electron chi connectivity index (χ3n) is 2.99. The van der Waals surface area contributed by atoms with Crippen LogP contribution in [0.3, 0.4) is 0 Å². The van der Waals surface area contributed by atoms with Crippen LogP contribution in [0.4, 0.5) is 0 Å². The van der Waals surface area contributed by atoms with Crippen molar-refractivity contribution in [2.45, 2.75) is 59.4 Å². The minimum atomic E-state index is -0.370. The van der Waals surface area contributed by atoms with Gasteiger partial charge in [-0.2, -0.15) is 0 Å². The van der Waals surface area contributed by atoms with Crippen molar-refractivity contribution in [1.82, 2.24) is 10.2 Å². The first kappa shape index (κ1) is 19.4. The summed E-state index contributed by atoms with van der Waals surface area (Å²) in [6.45, 7) is 7.97. The molecule has 122 valence electrons. The number of carbonyl (C=O) groups is 3. The quantitative estimate of drug-likeness (QED) is 0.490. The lowest BCUT2D eigenvalue weighted by molar-refractivity contribution is -0.150. The Hall–Kier alpha value is -1.59. The van der Waals surface area contributed by atoms with Gasteiger partial charge in [0.2, 0.25) is 11.8 Å². The number of esters is 1. The van der Waals surface area contributed by atoms with Gasteiger partial charge in [0.15, 0.2) is 0 Å². The number of amides is 2. The van der Waals surface area contributed by atoms with Crippen molar-refractivity contribution in [3.8, 4) is 0 Å². The minimum absolute atomic E-state index is 0.0102. The Balaban J connectivity index is 4.02. The van der Waals surface area contributed by atoms with Crippen LogP contribution >= 0.6 is 0 Å². The Morgan fingerprint density at radius 2 is 1.81 bits per heavy atom. The van der Waals surface area contributed by atoms with Crippen molar-refractivity contribution < 1.29 is 19.1 Å². The van der Waals surface area contributed by atoms with Crippen LogP contribution < -0.4 is 5.32 Å². The average Bonchev–Trinajstić information content (AvgIpc) is 2.39. The zero-order valence-electron chi connectivity index (χ0n) is 13.6. The molecular weight excluding hydrogens is 272 g/mol. The molecule has 0 saturated carbocycles. The number of carbonyl (C=O) groups excluding carboxylic acids is 3. The van der Waals surface area contributed by atoms with E-state index in [-0.39, 0.29) is 30.4 Å². The summed E-state index contributed by atoms with van der Waals surface area (Å²) < 4.78 is 4.88. The predicted molar refractivity (Wildman–Crippen MR) is 80.6 cm³/mol. The smallest absolute Gasteiger partial charge is 0.325 e. The molecule has 1 N–H and O–H groups in total. The molecule has 0 aromatic rings. The van der Waals surface area contributed by atoms with Crippen molar-refractivity contribution in [2.75, 3.05) is 19.7 Å². The number of hydrogen-bond donors (Lipinski definition) is 1. The first-order valence-electron chi connectivity index (χ1n) is 7.58. The van der Waals surface area contributed by atoms with E-state index in [2.05, 4.69) is 5.32 Å². The van der Waals surface area contributed by atoms with Gasteiger partial charge in [0.1, 0.15) is 6.54 Å². The van der Waals surface area contributed by atoms with Crippen LogP contribution in [-0.2, 0) is 19.1 Å². The number of rotatable bonds is 10. The summed E-state index contributed by atoms with van der Waals surface area (Å²) in [7, 11) is 0. The molecule has 0 heterocycles. The number of nitrogens with one attached hydrogen (secondary N) is 1. The van der Waals surface area contributed by atoms with E-state index in [1.165, 1.54) is 6.92 Å². The molecule has 2 amide bonds. The van der Waals surface area contributed by atoms with Gasteiger partial charge in [0.25, 0.3) is 0 Å². The number of nitrogens with zero attached hydrogens (tertiary/aromatic N) is 1. The zero-order valence-corrected chi connectivity index (χ0v) is 13.6. The molecule has 6 heteroatoms. The normalized spacial score (nSPS) is 10.3. The fraction of sp³-hybridized carbons (Fsp3) is 0.800. The highest BCUT2D eigenvalue weighted by atomic mass is 16.5. The molecule has 0 aromatic carbocycles. The highest BCUT2D eigenvalue weighted by Crippen LogP contribution is 2.07. The summed E-state index contributed by atoms with van der Waals surface area (Å²) in [5.41, 5.74) is 0. The zero-order chi connectivity index (χ0) is 16.3. The van der Waals surface area contributed by atoms with Crippen molar-refractivity contribution in [3.05, 3.63) is 0 Å². The lowest BCUT2D eigenvalue weighted by Gasteiger charge is -2.25. The van der Waals surface area contributed by atoms with Crippen molar-refractivity contribution in [3.63, 3.8) is 0 Å². The van der Waals surface area contributed by atoms with E-state index in [1.807, 2.05) is 13.8 Å². The first-order chi connectivity index (χ1) is 9.88. The Kier molecular flexibility index (Phi) is 10.3. The highest BCUT2D eigenvalue weighted by molar-refractivity contribution is 5.82. The Labute approximate surface area is 127 Å². The molecule has 0 aliphatic carbocycles. The van der Waals surface area contributed by atoms with E-state index in [0.29, 0.717) is 19.6 Å². The second-order valence-electron chi connectivity index (χ2n) is 5.21. The second kappa shape index (κ2) is 11.1. The number of ether oxygens (including phenoxy) is 1. The molecule has 0 aromatic heterocycles. The van der Waals surface area contributed by atoms with Crippen molar-refractivity contribution in [2.24, 2.45) is 0 Å². The largest absolute Gasteiger partial charge is 0.465 e. The maximum atomic E-state index is 12.1. The minimum Gasteiger partial charge on any atom is -0.465 e. The van der Waals surface area contributed by atoms with E-state index in [1.54, 1.807) is 11.8 Å². The van der Waals surface area contributed by atoms with Gasteiger partial charge in [-0.25, -0.2) is 0 Å². The lowest BCUT2D eigenvalue weighted by atomic mass is 10.1. The fourth-order valence-electron chi connectivity index (χ4n) is 1.89. The second-order valence-corrected chi connectivity index (χ2v) is 5.21. The summed E-state index contributed by atoms with van der Waals surface area (Å²) in [5.74, 6) is -0.436. The van der Waals surface area contributed by atoms with Gasteiger partial charge >= 0.3 is 5.97 Å². The van der Waals surface area contributed by atoms with Crippen LogP contribution in [0.2, 0.25) is 0 Å². The monoisotopic (exact) mass is 300 g/mol. The van der Waals surface area contributed by atoms with Crippen molar-refractivity contribution >= 4 is 17.8 Å². The fourth-order valence-corrected chi connectivity index (χ4v) is 1.89. The Morgan fingerprint density at radius 3 is 2.33 bits per heavy atom. The van der Waals surface area contributed by atoms with E-state index in [4.69, 9.17) is 4.74 Å². The Bertz CT molecular complexity index is 343. The van der Waals surface area contributed by atoms with Crippen LogP contribution in [0, 0.1) is 0 Å². The van der Waals surface area contributed by atoms with E-state index < -0.39 is 0 Å². The van der Waals surface area contributed by atoms with Crippen molar-refractivity contribution in [1.29, 1.82) is 0 Å². The van der Waals surface area contributed by atoms with Gasteiger partial charge in [-0.1, -0.05) is 6.42 Å². The molecule has 0 aliphatic heterocycles. The van der Waals surface area contributed by atoms with Crippen LogP contribution in [-0.4, -0.2) is 48.4 Å². The lowest BCUT2D eigenvalue weighted by Crippen LogP contribution is -2.41. The average molecular weight is 300 g/mol. The molecule has 0 radical (unpaired) electrons. The molecule has 21 heavy (non-hydrogen) atoms. The molecule has 0 fully saturated rings. The van der Waals surface area contributed by atoms with Gasteiger partial charge in [-0.15, -0.1) is 0 Å². The van der Waals surface area contributed by atoms with Crippen LogP contribution in [0.5, 0.6) is 0 Å². The third-order valence-corrected chi connectivity index (χ3v) is 2.99. The summed E-state index contributed by atoms with van der Waals surface area (Å²) >= 11 is 0. The summed E-state index contributed by atoms with van der Waals surface area (Å²) in [5, 5.41) is 2.72. The first-order valence-corrected chi connectivity index (χ1v) is 7.58. The number of hydrogen-bond acceptors (Lipinski definition) is 4. The summed E-state index contributed by atoms with van der Waals surface area (Å²) in [6.07, 6.45) is 2.89. The van der Waals surface area contributed by atoms with Gasteiger partial charge < -0.3 is 15.0 Å². The molecule has 0 spiro atoms. The van der Waals surface area contributed by atoms with E-state index >= 15 is 0 Å². The van der Waals surface area contributed by atoms with Gasteiger partial charge in [-0.05, 0) is 33.6 Å². The molecule has 0 rings (SSSR count). The van der Waals surface area contributed by atoms with E-state index in [9.17, 15) is 14.4 Å². The highest BCUT2D eigenvalue weighted by Gasteiger charge is 2.20. The summed E-state index contributed by atoms with van der Waals surface area (Å²) in [4.78, 5) is 35.8. The molecule has 0 atom stereocenters. The van der Waals surface area contributed by atoms with Gasteiger partial charge in [-0.3, -0.25) is 14.4 Å². The Morgan fingerprint density at radius 1 is 1.14 bits per heavy atom. The van der Waals surface area contributed by atoms with Gasteiger partial charge in [0, 0.05) is 25.9 Å². The summed E-state index contributed by atoms with van der Waals surface area (Å²) in [6, 6.07) is -0.0266. The predicted octanol–water partition coefficient (Wildman–Crippen LogP) is 1.48. The number of unbranched alkanes of at least 4 members (excludes halogenated alkanes) is 2. The molecule has 6 nitrogen and oxygen atoms in total. The topological polar surface area (TPSA) is 75.7 Å². The molecule has 0 unspecified atom stereocenters. The van der Waals surface area contributed by atoms with E-state index in [0.717, 1.165) is 19.3 Å². The van der Waals surface area contributed by atoms with Crippen LogP contribution in [0.15, 0.2) is 0 Å². The van der Waals surface area contributed by atoms with Gasteiger partial charge in [0.05, 0.1) is 6.61 Å². The molecule has 0 bridgehead atoms. The molecular formula is C15H28N2O4. The molecule has 0 saturated heterocycles. The third kappa shape index (κ3) is 9.87.